The zero-order valence-electron chi connectivity index (χ0n) is 33.4. The van der Waals surface area contributed by atoms with Crippen molar-refractivity contribution in [3.05, 3.63) is 149 Å². The number of ketones is 2. The number of rotatable bonds is 23. The molecule has 16 heteroatoms. The quantitative estimate of drug-likeness (QED) is 0.0243. The highest BCUT2D eigenvalue weighted by Crippen LogP contribution is 2.42. The van der Waals surface area contributed by atoms with Crippen LogP contribution in [0.3, 0.4) is 0 Å². The van der Waals surface area contributed by atoms with Gasteiger partial charge in [-0.2, -0.15) is 5.26 Å². The predicted molar refractivity (Wildman–Crippen MR) is 225 cm³/mol. The molecule has 0 spiro atoms. The number of nitro groups is 1. The highest BCUT2D eigenvalue weighted by molar-refractivity contribution is 6.10. The number of nitrogens with zero attached hydrogens (tertiary/aromatic N) is 2. The van der Waals surface area contributed by atoms with Gasteiger partial charge >= 0.3 is 5.97 Å². The topological polar surface area (TPSA) is 222 Å². The molecule has 1 atom stereocenters. The summed E-state index contributed by atoms with van der Waals surface area (Å²) >= 11 is 0. The zero-order chi connectivity index (χ0) is 44.5. The number of anilines is 2. The Bertz CT molecular complexity index is 2370. The highest BCUT2D eigenvalue weighted by Gasteiger charge is 2.27. The van der Waals surface area contributed by atoms with Crippen LogP contribution in [-0.4, -0.2) is 68.3 Å². The molecule has 4 aromatic rings. The van der Waals surface area contributed by atoms with Crippen LogP contribution in [0.2, 0.25) is 0 Å². The van der Waals surface area contributed by atoms with Crippen LogP contribution in [0.15, 0.2) is 111 Å². The average Bonchev–Trinajstić information content (AvgIpc) is 3.26. The first-order valence-corrected chi connectivity index (χ1v) is 18.5. The largest absolute Gasteiger partial charge is 0.491 e. The van der Waals surface area contributed by atoms with Gasteiger partial charge in [-0.25, -0.2) is 4.79 Å². The van der Waals surface area contributed by atoms with Crippen LogP contribution in [0.1, 0.15) is 59.8 Å². The number of nitro benzene ring substituents is 1. The smallest absolute Gasteiger partial charge is 0.342 e. The van der Waals surface area contributed by atoms with Gasteiger partial charge in [0.15, 0.2) is 28.8 Å². The van der Waals surface area contributed by atoms with Crippen LogP contribution in [0.25, 0.3) is 0 Å². The fraction of sp³-hybridized carbons (Fsp3) is 0.200. The molecule has 0 fully saturated rings. The van der Waals surface area contributed by atoms with E-state index < -0.39 is 34.4 Å². The SMILES string of the molecule is C=CCOC(=O)c1ccc(NC(=O)c2ccc(NC(=O)c3ccc(CC(=O)[C@H](CC#N)CC(=O)c4ccc([N+](=O)[O-])cc4)cc3)c(OC)c2OCC=C)c(OC)c1OCC=C. The number of methoxy groups -OCH3 is 2. The number of amides is 2. The van der Waals surface area contributed by atoms with Gasteiger partial charge in [0.25, 0.3) is 17.5 Å². The molecule has 16 nitrogen and oxygen atoms in total. The Hall–Kier alpha value is -8.06. The van der Waals surface area contributed by atoms with Crippen LogP contribution >= 0.6 is 0 Å². The standard InChI is InChI=1S/C45H42N4O12/c1-6-23-59-39-33(44(53)48-36-20-18-34(45(54)61-25-8-3)40(42(36)58-5)60-24-7-2)17-19-35(41(39)57-4)47-43(52)30-11-9-28(10-12-30)26-37(50)31(21-22-46)27-38(51)29-13-15-32(16-14-29)49(55)56/h6-20,31H,1-3,21,23-27H2,4-5H3,(H,47,52)(H,48,53)/t31-/m1/s1. The third-order valence-corrected chi connectivity index (χ3v) is 8.84. The number of benzene rings is 4. The van der Waals surface area contributed by atoms with Crippen molar-refractivity contribution < 1.29 is 52.6 Å². The number of ether oxygens (including phenoxy) is 5. The van der Waals surface area contributed by atoms with E-state index in [1.54, 1.807) is 12.1 Å². The molecule has 4 rings (SSSR count). The van der Waals surface area contributed by atoms with Crippen molar-refractivity contribution in [1.82, 2.24) is 0 Å². The van der Waals surface area contributed by atoms with E-state index in [0.717, 1.165) is 0 Å². The van der Waals surface area contributed by atoms with Crippen LogP contribution in [-0.2, 0) is 16.0 Å². The molecular formula is C45H42N4O12. The van der Waals surface area contributed by atoms with E-state index in [-0.39, 0.29) is 107 Å². The van der Waals surface area contributed by atoms with E-state index in [9.17, 15) is 39.3 Å². The number of hydrogen-bond acceptors (Lipinski definition) is 13. The number of carbonyl (C=O) groups excluding carboxylic acids is 5. The molecule has 0 aliphatic rings. The molecule has 0 bridgehead atoms. The molecule has 0 radical (unpaired) electrons. The second kappa shape index (κ2) is 22.2. The maximum absolute atomic E-state index is 13.9. The summed E-state index contributed by atoms with van der Waals surface area (Å²) in [5.41, 5.74) is 1.06. The van der Waals surface area contributed by atoms with E-state index in [0.29, 0.717) is 5.56 Å². The summed E-state index contributed by atoms with van der Waals surface area (Å²) in [6.45, 7) is 10.8. The van der Waals surface area contributed by atoms with Crippen LogP contribution in [0, 0.1) is 27.4 Å². The van der Waals surface area contributed by atoms with Crippen LogP contribution in [0.5, 0.6) is 23.0 Å². The van der Waals surface area contributed by atoms with Crippen LogP contribution in [0.4, 0.5) is 17.1 Å². The maximum atomic E-state index is 13.9. The van der Waals surface area contributed by atoms with E-state index in [1.807, 2.05) is 6.07 Å². The Morgan fingerprint density at radius 2 is 1.25 bits per heavy atom. The minimum atomic E-state index is -0.916. The summed E-state index contributed by atoms with van der Waals surface area (Å²) in [5.74, 6) is -3.66. The maximum Gasteiger partial charge on any atom is 0.342 e. The van der Waals surface area contributed by atoms with Gasteiger partial charge in [-0.3, -0.25) is 29.3 Å². The molecule has 2 amide bonds. The van der Waals surface area contributed by atoms with Crippen molar-refractivity contribution >= 4 is 46.4 Å². The van der Waals surface area contributed by atoms with Crippen LogP contribution < -0.4 is 29.6 Å². The molecular weight excluding hydrogens is 789 g/mol. The zero-order valence-corrected chi connectivity index (χ0v) is 33.4. The fourth-order valence-electron chi connectivity index (χ4n) is 5.87. The number of carbonyl (C=O) groups is 5. The molecule has 4 aromatic carbocycles. The second-order valence-electron chi connectivity index (χ2n) is 12.9. The number of esters is 1. The third kappa shape index (κ3) is 11.8. The first-order valence-electron chi connectivity index (χ1n) is 18.5. The fourth-order valence-corrected chi connectivity index (χ4v) is 5.87. The Morgan fingerprint density at radius 3 is 1.77 bits per heavy atom. The number of nitriles is 1. The van der Waals surface area contributed by atoms with Gasteiger partial charge in [0.05, 0.1) is 42.2 Å². The number of Topliss-reactive ketones (excluding diaryl/α,β-unsaturated/α-hetero) is 2. The summed E-state index contributed by atoms with van der Waals surface area (Å²) in [6, 6.07) is 18.8. The van der Waals surface area contributed by atoms with Gasteiger partial charge in [0.2, 0.25) is 0 Å². The highest BCUT2D eigenvalue weighted by atomic mass is 16.6. The summed E-state index contributed by atoms with van der Waals surface area (Å²) < 4.78 is 28.0. The first kappa shape index (κ1) is 45.6. The van der Waals surface area contributed by atoms with Gasteiger partial charge < -0.3 is 34.3 Å². The molecule has 0 saturated carbocycles. The normalized spacial score (nSPS) is 10.8. The molecule has 0 aliphatic heterocycles. The molecule has 0 aromatic heterocycles. The van der Waals surface area contributed by atoms with Crippen molar-refractivity contribution in [1.29, 1.82) is 5.26 Å². The average molecular weight is 831 g/mol. The number of hydrogen-bond donors (Lipinski definition) is 2. The lowest BCUT2D eigenvalue weighted by Gasteiger charge is -2.20. The monoisotopic (exact) mass is 830 g/mol. The molecule has 314 valence electrons. The van der Waals surface area contributed by atoms with Gasteiger partial charge in [0, 0.05) is 48.4 Å². The van der Waals surface area contributed by atoms with Gasteiger partial charge in [-0.15, -0.1) is 0 Å². The summed E-state index contributed by atoms with van der Waals surface area (Å²) in [5, 5.41) is 25.8. The molecule has 61 heavy (non-hydrogen) atoms. The van der Waals surface area contributed by atoms with Gasteiger partial charge in [0.1, 0.15) is 31.2 Å². The lowest BCUT2D eigenvalue weighted by atomic mass is 9.89. The lowest BCUT2D eigenvalue weighted by Crippen LogP contribution is -2.20. The lowest BCUT2D eigenvalue weighted by molar-refractivity contribution is -0.384. The summed E-state index contributed by atoms with van der Waals surface area (Å²) in [6.07, 6.45) is 3.74. The Kier molecular flexibility index (Phi) is 16.6. The summed E-state index contributed by atoms with van der Waals surface area (Å²) in [4.78, 5) is 76.5. The minimum absolute atomic E-state index is 0.0000494. The minimum Gasteiger partial charge on any atom is -0.491 e. The molecule has 0 saturated heterocycles. The molecule has 2 N–H and O–H groups in total. The Balaban J connectivity index is 1.53. The second-order valence-corrected chi connectivity index (χ2v) is 12.9. The number of nitrogens with one attached hydrogen (secondary N) is 2. The Labute approximate surface area is 351 Å². The van der Waals surface area contributed by atoms with E-state index in [1.165, 1.54) is 93.1 Å². The van der Waals surface area contributed by atoms with E-state index in [2.05, 4.69) is 30.4 Å². The van der Waals surface area contributed by atoms with Gasteiger partial charge in [-0.1, -0.05) is 50.1 Å². The van der Waals surface area contributed by atoms with Crippen molar-refractivity contribution in [2.75, 3.05) is 44.7 Å². The molecule has 0 aliphatic carbocycles. The first-order chi connectivity index (χ1) is 29.4. The molecule has 0 heterocycles. The molecule has 0 unspecified atom stereocenters. The van der Waals surface area contributed by atoms with Crippen molar-refractivity contribution in [2.24, 2.45) is 5.92 Å². The predicted octanol–water partition coefficient (Wildman–Crippen LogP) is 7.50. The van der Waals surface area contributed by atoms with E-state index in [4.69, 9.17) is 23.7 Å². The summed E-state index contributed by atoms with van der Waals surface area (Å²) in [7, 11) is 2.66. The van der Waals surface area contributed by atoms with Gasteiger partial charge in [-0.05, 0) is 54.1 Å². The van der Waals surface area contributed by atoms with E-state index >= 15 is 0 Å². The Morgan fingerprint density at radius 1 is 0.721 bits per heavy atom. The number of non-ortho nitro benzene ring substituents is 1. The van der Waals surface area contributed by atoms with Crippen molar-refractivity contribution in [3.63, 3.8) is 0 Å². The third-order valence-electron chi connectivity index (χ3n) is 8.84. The van der Waals surface area contributed by atoms with Crippen molar-refractivity contribution in [3.8, 4) is 29.1 Å². The van der Waals surface area contributed by atoms with Crippen molar-refractivity contribution in [2.45, 2.75) is 19.3 Å².